The van der Waals surface area contributed by atoms with Crippen LogP contribution in [0.15, 0.2) is 96.8 Å². The number of nitrogens with one attached hydrogen (secondary N) is 1. The standard InChI is InChI=1S/C29H31NO9S/c1-6-10-20-16-22(12-14-24(20)31)40(35,36)23-13-15-25(21(17-23)11-7-2)39-28(34)30-29(5,18-37-26(32)8-3)19-38-27(33)9-4/h6-9,12-17,31H,1-4,10-11,18-19H2,5H3,(H,30,34). The summed E-state index contributed by atoms with van der Waals surface area (Å²) in [5, 5.41) is 12.5. The lowest BCUT2D eigenvalue weighted by molar-refractivity contribution is -0.144. The van der Waals surface area contributed by atoms with Crippen LogP contribution in [-0.4, -0.2) is 50.3 Å². The molecule has 0 heterocycles. The summed E-state index contributed by atoms with van der Waals surface area (Å²) >= 11 is 0. The average molecular weight is 570 g/mol. The summed E-state index contributed by atoms with van der Waals surface area (Å²) in [5.41, 5.74) is -0.646. The Bertz CT molecular complexity index is 1400. The second kappa shape index (κ2) is 13.9. The molecule has 2 N–H and O–H groups in total. The number of phenols is 1. The molecule has 0 aliphatic carbocycles. The van der Waals surface area contributed by atoms with Crippen molar-refractivity contribution in [2.75, 3.05) is 13.2 Å². The molecule has 0 fully saturated rings. The van der Waals surface area contributed by atoms with Crippen LogP contribution in [-0.2, 0) is 41.7 Å². The van der Waals surface area contributed by atoms with Gasteiger partial charge in [0.15, 0.2) is 0 Å². The first-order valence-electron chi connectivity index (χ1n) is 11.9. The first-order valence-corrected chi connectivity index (χ1v) is 13.4. The maximum atomic E-state index is 13.3. The van der Waals surface area contributed by atoms with E-state index >= 15 is 0 Å². The van der Waals surface area contributed by atoms with Crippen LogP contribution in [0.3, 0.4) is 0 Å². The number of aromatic hydroxyl groups is 1. The third-order valence-electron chi connectivity index (χ3n) is 5.44. The molecule has 0 bridgehead atoms. The number of carbonyl (C=O) groups is 3. The highest BCUT2D eigenvalue weighted by atomic mass is 32.2. The highest BCUT2D eigenvalue weighted by molar-refractivity contribution is 7.91. The van der Waals surface area contributed by atoms with Gasteiger partial charge in [-0.05, 0) is 61.7 Å². The number of allylic oxidation sites excluding steroid dienone is 2. The Morgan fingerprint density at radius 3 is 1.90 bits per heavy atom. The summed E-state index contributed by atoms with van der Waals surface area (Å²) in [4.78, 5) is 35.8. The number of ether oxygens (including phenoxy) is 3. The Balaban J connectivity index is 2.34. The minimum Gasteiger partial charge on any atom is -0.508 e. The summed E-state index contributed by atoms with van der Waals surface area (Å²) in [6.07, 6.45) is 4.37. The Hall–Kier alpha value is -4.64. The molecular weight excluding hydrogens is 538 g/mol. The number of esters is 2. The molecule has 0 aromatic heterocycles. The maximum Gasteiger partial charge on any atom is 0.413 e. The zero-order chi connectivity index (χ0) is 29.9. The minimum atomic E-state index is -4.00. The van der Waals surface area contributed by atoms with Crippen LogP contribution in [0.5, 0.6) is 11.5 Å². The van der Waals surface area contributed by atoms with Crippen molar-refractivity contribution in [1.29, 1.82) is 0 Å². The average Bonchev–Trinajstić information content (AvgIpc) is 2.92. The van der Waals surface area contributed by atoms with E-state index in [2.05, 4.69) is 31.6 Å². The zero-order valence-electron chi connectivity index (χ0n) is 22.1. The van der Waals surface area contributed by atoms with Crippen LogP contribution in [0.4, 0.5) is 4.79 Å². The Kier molecular flexibility index (Phi) is 11.0. The second-order valence-corrected chi connectivity index (χ2v) is 10.7. The molecule has 0 unspecified atom stereocenters. The van der Waals surface area contributed by atoms with Gasteiger partial charge in [0, 0.05) is 17.7 Å². The van der Waals surface area contributed by atoms with Gasteiger partial charge in [-0.2, -0.15) is 0 Å². The van der Waals surface area contributed by atoms with Crippen molar-refractivity contribution in [1.82, 2.24) is 5.32 Å². The predicted molar refractivity (Wildman–Crippen MR) is 148 cm³/mol. The number of sulfone groups is 1. The normalized spacial score (nSPS) is 11.0. The first-order chi connectivity index (χ1) is 18.9. The monoisotopic (exact) mass is 569 g/mol. The van der Waals surface area contributed by atoms with Gasteiger partial charge in [-0.15, -0.1) is 13.2 Å². The predicted octanol–water partition coefficient (Wildman–Crippen LogP) is 3.99. The van der Waals surface area contributed by atoms with Crippen LogP contribution >= 0.6 is 0 Å². The topological polar surface area (TPSA) is 145 Å². The van der Waals surface area contributed by atoms with E-state index in [0.29, 0.717) is 11.1 Å². The number of phenolic OH excluding ortho intramolecular Hbond substituents is 1. The molecule has 0 atom stereocenters. The summed E-state index contributed by atoms with van der Waals surface area (Å²) in [5.74, 6) is -1.52. The lowest BCUT2D eigenvalue weighted by Crippen LogP contribution is -2.54. The van der Waals surface area contributed by atoms with E-state index < -0.39 is 33.4 Å². The van der Waals surface area contributed by atoms with Gasteiger partial charge in [-0.25, -0.2) is 22.8 Å². The van der Waals surface area contributed by atoms with Gasteiger partial charge in [-0.3, -0.25) is 0 Å². The number of amides is 1. The Morgan fingerprint density at radius 1 is 0.875 bits per heavy atom. The molecule has 2 aromatic carbocycles. The maximum absolute atomic E-state index is 13.3. The number of rotatable bonds is 14. The van der Waals surface area contributed by atoms with Crippen LogP contribution < -0.4 is 10.1 Å². The van der Waals surface area contributed by atoms with Gasteiger partial charge >= 0.3 is 18.0 Å². The summed E-state index contributed by atoms with van der Waals surface area (Å²) < 4.78 is 42.1. The Morgan fingerprint density at radius 2 is 1.38 bits per heavy atom. The minimum absolute atomic E-state index is 0.0305. The van der Waals surface area contributed by atoms with E-state index in [4.69, 9.17) is 14.2 Å². The van der Waals surface area contributed by atoms with Crippen LogP contribution in [0.2, 0.25) is 0 Å². The third kappa shape index (κ3) is 8.43. The van der Waals surface area contributed by atoms with Crippen molar-refractivity contribution in [3.63, 3.8) is 0 Å². The number of hydrogen-bond donors (Lipinski definition) is 2. The fourth-order valence-corrected chi connectivity index (χ4v) is 4.75. The molecule has 1 amide bonds. The van der Waals surface area contributed by atoms with Crippen LogP contribution in [0.25, 0.3) is 0 Å². The smallest absolute Gasteiger partial charge is 0.413 e. The van der Waals surface area contributed by atoms with Crippen molar-refractivity contribution < 1.29 is 42.1 Å². The molecule has 2 aromatic rings. The summed E-state index contributed by atoms with van der Waals surface area (Å²) in [6.45, 7) is 14.6. The van der Waals surface area contributed by atoms with E-state index in [1.54, 1.807) is 6.08 Å². The third-order valence-corrected chi connectivity index (χ3v) is 7.19. The van der Waals surface area contributed by atoms with Crippen molar-refractivity contribution in [2.45, 2.75) is 35.1 Å². The molecule has 212 valence electrons. The van der Waals surface area contributed by atoms with E-state index in [9.17, 15) is 27.9 Å². The molecule has 0 spiro atoms. The van der Waals surface area contributed by atoms with Crippen LogP contribution in [0, 0.1) is 0 Å². The lowest BCUT2D eigenvalue weighted by atomic mass is 10.1. The largest absolute Gasteiger partial charge is 0.508 e. The van der Waals surface area contributed by atoms with Gasteiger partial charge in [-0.1, -0.05) is 25.3 Å². The van der Waals surface area contributed by atoms with Crippen molar-refractivity contribution in [3.8, 4) is 11.5 Å². The molecule has 0 aliphatic heterocycles. The molecule has 0 aliphatic rings. The van der Waals surface area contributed by atoms with E-state index in [-0.39, 0.29) is 47.3 Å². The summed E-state index contributed by atoms with van der Waals surface area (Å²) in [6, 6.07) is 7.92. The molecule has 0 radical (unpaired) electrons. The van der Waals surface area contributed by atoms with E-state index in [1.807, 2.05) is 0 Å². The number of hydrogen-bond acceptors (Lipinski definition) is 9. The quantitative estimate of drug-likeness (QED) is 0.196. The SMILES string of the molecule is C=CCc1cc(S(=O)(=O)c2ccc(OC(=O)NC(C)(COC(=O)C=C)COC(=O)C=C)c(CC=C)c2)ccc1O. The van der Waals surface area contributed by atoms with Crippen molar-refractivity contribution in [3.05, 3.63) is 98.1 Å². The van der Waals surface area contributed by atoms with E-state index in [1.165, 1.54) is 49.4 Å². The molecular formula is C29H31NO9S. The second-order valence-electron chi connectivity index (χ2n) is 8.75. The van der Waals surface area contributed by atoms with Crippen molar-refractivity contribution in [2.24, 2.45) is 0 Å². The molecule has 10 nitrogen and oxygen atoms in total. The van der Waals surface area contributed by atoms with Gasteiger partial charge in [0.1, 0.15) is 30.3 Å². The summed E-state index contributed by atoms with van der Waals surface area (Å²) in [7, 11) is -4.00. The molecule has 0 saturated carbocycles. The van der Waals surface area contributed by atoms with Crippen LogP contribution in [0.1, 0.15) is 18.1 Å². The fraction of sp³-hybridized carbons (Fsp3) is 0.207. The fourth-order valence-electron chi connectivity index (χ4n) is 3.39. The van der Waals surface area contributed by atoms with Gasteiger partial charge < -0.3 is 24.6 Å². The number of carbonyl (C=O) groups excluding carboxylic acids is 3. The lowest BCUT2D eigenvalue weighted by Gasteiger charge is -2.29. The highest BCUT2D eigenvalue weighted by Crippen LogP contribution is 2.30. The molecule has 2 rings (SSSR count). The molecule has 40 heavy (non-hydrogen) atoms. The highest BCUT2D eigenvalue weighted by Gasteiger charge is 2.31. The van der Waals surface area contributed by atoms with Crippen molar-refractivity contribution >= 4 is 27.9 Å². The van der Waals surface area contributed by atoms with E-state index in [0.717, 1.165) is 12.2 Å². The Labute approximate surface area is 233 Å². The number of benzene rings is 2. The zero-order valence-corrected chi connectivity index (χ0v) is 22.9. The first kappa shape index (κ1) is 31.6. The van der Waals surface area contributed by atoms with Gasteiger partial charge in [0.05, 0.1) is 9.79 Å². The molecule has 11 heteroatoms. The van der Waals surface area contributed by atoms with Gasteiger partial charge in [0.25, 0.3) is 0 Å². The van der Waals surface area contributed by atoms with Gasteiger partial charge in [0.2, 0.25) is 9.84 Å². The molecule has 0 saturated heterocycles.